The molecular weight excluding hydrogens is 407 g/mol. The number of amides is 2. The highest BCUT2D eigenvalue weighted by Gasteiger charge is 2.26. The fraction of sp³-hybridized carbons (Fsp3) is 0.400. The normalized spacial score (nSPS) is 15.4. The first kappa shape index (κ1) is 23.6. The third-order valence-corrected chi connectivity index (χ3v) is 5.60. The molecule has 0 aromatic heterocycles. The van der Waals surface area contributed by atoms with Gasteiger partial charge in [-0.05, 0) is 75.0 Å². The standard InChI is InChI=1S/C25H31FN4O2/c26-22-13-9-10-20(18-22)19-28-29-25(32)23(30-16-7-2-8-17-30)14-5-6-15-27-24(31)21-11-3-1-4-12-21/h1,3-4,9-13,18-19,23H,2,5-8,14-17H2,(H,27,31)(H,29,32). The van der Waals surface area contributed by atoms with Crippen molar-refractivity contribution in [3.8, 4) is 0 Å². The summed E-state index contributed by atoms with van der Waals surface area (Å²) in [5, 5.41) is 6.96. The van der Waals surface area contributed by atoms with Crippen molar-refractivity contribution in [3.05, 3.63) is 71.5 Å². The summed E-state index contributed by atoms with van der Waals surface area (Å²) < 4.78 is 13.3. The van der Waals surface area contributed by atoms with E-state index < -0.39 is 0 Å². The van der Waals surface area contributed by atoms with E-state index in [4.69, 9.17) is 0 Å². The lowest BCUT2D eigenvalue weighted by Crippen LogP contribution is -2.47. The summed E-state index contributed by atoms with van der Waals surface area (Å²) in [6.07, 6.45) is 7.12. The van der Waals surface area contributed by atoms with Crippen LogP contribution < -0.4 is 10.7 Å². The molecule has 2 N–H and O–H groups in total. The van der Waals surface area contributed by atoms with Crippen LogP contribution in [0.3, 0.4) is 0 Å². The number of nitrogens with one attached hydrogen (secondary N) is 2. The molecule has 3 rings (SSSR count). The number of unbranched alkanes of at least 4 members (excludes halogenated alkanes) is 1. The van der Waals surface area contributed by atoms with Crippen LogP contribution in [-0.4, -0.2) is 48.6 Å². The van der Waals surface area contributed by atoms with Crippen LogP contribution >= 0.6 is 0 Å². The van der Waals surface area contributed by atoms with Crippen LogP contribution in [0.1, 0.15) is 54.4 Å². The average molecular weight is 439 g/mol. The zero-order valence-electron chi connectivity index (χ0n) is 18.3. The molecule has 0 spiro atoms. The Morgan fingerprint density at radius 1 is 1.03 bits per heavy atom. The van der Waals surface area contributed by atoms with E-state index in [-0.39, 0.29) is 23.7 Å². The van der Waals surface area contributed by atoms with E-state index in [1.165, 1.54) is 24.8 Å². The SMILES string of the molecule is O=C(NCCCCC(C(=O)NN=Cc1cccc(F)c1)N1CCCCC1)c1ccccc1. The van der Waals surface area contributed by atoms with Gasteiger partial charge in [0.1, 0.15) is 5.82 Å². The van der Waals surface area contributed by atoms with Crippen molar-refractivity contribution in [2.24, 2.45) is 5.10 Å². The molecule has 7 heteroatoms. The minimum Gasteiger partial charge on any atom is -0.352 e. The number of hydrazone groups is 1. The largest absolute Gasteiger partial charge is 0.352 e. The van der Waals surface area contributed by atoms with Gasteiger partial charge in [-0.15, -0.1) is 0 Å². The topological polar surface area (TPSA) is 73.8 Å². The molecule has 32 heavy (non-hydrogen) atoms. The number of hydrogen-bond acceptors (Lipinski definition) is 4. The highest BCUT2D eigenvalue weighted by Crippen LogP contribution is 2.16. The Bertz CT molecular complexity index is 898. The summed E-state index contributed by atoms with van der Waals surface area (Å²) in [5.74, 6) is -0.568. The minimum atomic E-state index is -0.342. The van der Waals surface area contributed by atoms with Gasteiger partial charge in [0.05, 0.1) is 12.3 Å². The molecule has 2 aromatic rings. The molecule has 170 valence electrons. The van der Waals surface area contributed by atoms with Crippen molar-refractivity contribution >= 4 is 18.0 Å². The van der Waals surface area contributed by atoms with E-state index in [9.17, 15) is 14.0 Å². The summed E-state index contributed by atoms with van der Waals surface area (Å²) in [6, 6.07) is 14.9. The smallest absolute Gasteiger partial charge is 0.257 e. The molecule has 0 bridgehead atoms. The number of piperidine rings is 1. The predicted octanol–water partition coefficient (Wildman–Crippen LogP) is 3.73. The number of nitrogens with zero attached hydrogens (tertiary/aromatic N) is 2. The second-order valence-electron chi connectivity index (χ2n) is 8.02. The molecule has 1 unspecified atom stereocenters. The van der Waals surface area contributed by atoms with Gasteiger partial charge < -0.3 is 5.32 Å². The highest BCUT2D eigenvalue weighted by molar-refractivity contribution is 5.94. The molecule has 1 fully saturated rings. The summed E-state index contributed by atoms with van der Waals surface area (Å²) in [7, 11) is 0. The lowest BCUT2D eigenvalue weighted by atomic mass is 10.0. The van der Waals surface area contributed by atoms with E-state index in [1.54, 1.807) is 24.3 Å². The zero-order valence-corrected chi connectivity index (χ0v) is 18.3. The molecule has 0 saturated carbocycles. The molecule has 0 aliphatic carbocycles. The first-order valence-corrected chi connectivity index (χ1v) is 11.3. The molecule has 1 aliphatic heterocycles. The van der Waals surface area contributed by atoms with Gasteiger partial charge >= 0.3 is 0 Å². The maximum Gasteiger partial charge on any atom is 0.257 e. The molecule has 1 heterocycles. The van der Waals surface area contributed by atoms with Crippen LogP contribution in [0.15, 0.2) is 59.7 Å². The molecule has 1 saturated heterocycles. The summed E-state index contributed by atoms with van der Waals surface area (Å²) >= 11 is 0. The lowest BCUT2D eigenvalue weighted by molar-refractivity contribution is -0.127. The number of carbonyl (C=O) groups excluding carboxylic acids is 2. The Kier molecular flexibility index (Phi) is 9.37. The van der Waals surface area contributed by atoms with Gasteiger partial charge in [-0.1, -0.05) is 36.8 Å². The number of halogens is 1. The van der Waals surface area contributed by atoms with E-state index in [1.807, 2.05) is 18.2 Å². The Morgan fingerprint density at radius 3 is 2.56 bits per heavy atom. The van der Waals surface area contributed by atoms with Crippen molar-refractivity contribution < 1.29 is 14.0 Å². The second-order valence-corrected chi connectivity index (χ2v) is 8.02. The van der Waals surface area contributed by atoms with Crippen LogP contribution in [0.25, 0.3) is 0 Å². The van der Waals surface area contributed by atoms with Crippen molar-refractivity contribution in [3.63, 3.8) is 0 Å². The Morgan fingerprint density at radius 2 is 1.81 bits per heavy atom. The average Bonchev–Trinajstić information content (AvgIpc) is 2.82. The summed E-state index contributed by atoms with van der Waals surface area (Å²) in [5.41, 5.74) is 3.86. The monoisotopic (exact) mass is 438 g/mol. The fourth-order valence-electron chi connectivity index (χ4n) is 3.90. The zero-order chi connectivity index (χ0) is 22.6. The third-order valence-electron chi connectivity index (χ3n) is 5.60. The Hall–Kier alpha value is -3.06. The van der Waals surface area contributed by atoms with Crippen LogP contribution in [0.5, 0.6) is 0 Å². The summed E-state index contributed by atoms with van der Waals surface area (Å²) in [4.78, 5) is 27.2. The van der Waals surface area contributed by atoms with Crippen molar-refractivity contribution in [1.82, 2.24) is 15.6 Å². The van der Waals surface area contributed by atoms with Crippen molar-refractivity contribution in [1.29, 1.82) is 0 Å². The first-order valence-electron chi connectivity index (χ1n) is 11.3. The van der Waals surface area contributed by atoms with Gasteiger partial charge in [0.2, 0.25) is 0 Å². The minimum absolute atomic E-state index is 0.0809. The van der Waals surface area contributed by atoms with Gasteiger partial charge in [-0.2, -0.15) is 5.10 Å². The molecule has 1 aliphatic rings. The van der Waals surface area contributed by atoms with Crippen LogP contribution in [0, 0.1) is 5.82 Å². The maximum atomic E-state index is 13.3. The summed E-state index contributed by atoms with van der Waals surface area (Å²) in [6.45, 7) is 2.37. The third kappa shape index (κ3) is 7.57. The second kappa shape index (κ2) is 12.7. The number of benzene rings is 2. The molecule has 2 aromatic carbocycles. The van der Waals surface area contributed by atoms with Crippen LogP contribution in [0.4, 0.5) is 4.39 Å². The number of likely N-dealkylation sites (tertiary alicyclic amines) is 1. The molecule has 1 atom stereocenters. The van der Waals surface area contributed by atoms with Gasteiger partial charge in [0, 0.05) is 12.1 Å². The number of rotatable bonds is 10. The van der Waals surface area contributed by atoms with E-state index in [2.05, 4.69) is 20.7 Å². The molecule has 0 radical (unpaired) electrons. The fourth-order valence-corrected chi connectivity index (χ4v) is 3.90. The Labute approximate surface area is 188 Å². The van der Waals surface area contributed by atoms with Crippen molar-refractivity contribution in [2.75, 3.05) is 19.6 Å². The van der Waals surface area contributed by atoms with E-state index in [0.717, 1.165) is 38.8 Å². The van der Waals surface area contributed by atoms with Crippen molar-refractivity contribution in [2.45, 2.75) is 44.6 Å². The van der Waals surface area contributed by atoms with Crippen LogP contribution in [0.2, 0.25) is 0 Å². The predicted molar refractivity (Wildman–Crippen MR) is 124 cm³/mol. The van der Waals surface area contributed by atoms with E-state index >= 15 is 0 Å². The molecular formula is C25H31FN4O2. The first-order chi connectivity index (χ1) is 15.6. The number of hydrogen-bond donors (Lipinski definition) is 2. The molecule has 6 nitrogen and oxygen atoms in total. The quantitative estimate of drug-likeness (QED) is 0.337. The number of carbonyl (C=O) groups is 2. The highest BCUT2D eigenvalue weighted by atomic mass is 19.1. The maximum absolute atomic E-state index is 13.3. The molecule has 2 amide bonds. The van der Waals surface area contributed by atoms with Gasteiger partial charge in [-0.25, -0.2) is 9.82 Å². The van der Waals surface area contributed by atoms with E-state index in [0.29, 0.717) is 24.1 Å². The Balaban J connectivity index is 1.47. The van der Waals surface area contributed by atoms with Gasteiger partial charge in [0.15, 0.2) is 0 Å². The van der Waals surface area contributed by atoms with Crippen LogP contribution in [-0.2, 0) is 4.79 Å². The lowest BCUT2D eigenvalue weighted by Gasteiger charge is -2.33. The van der Waals surface area contributed by atoms with Gasteiger partial charge in [0.25, 0.3) is 11.8 Å². The van der Waals surface area contributed by atoms with Gasteiger partial charge in [-0.3, -0.25) is 14.5 Å².